The van der Waals surface area contributed by atoms with Gasteiger partial charge in [-0.2, -0.15) is 0 Å². The number of hydrogen-bond acceptors (Lipinski definition) is 5. The van der Waals surface area contributed by atoms with Gasteiger partial charge in [0.05, 0.1) is 10.0 Å². The highest BCUT2D eigenvalue weighted by molar-refractivity contribution is 9.10. The van der Waals surface area contributed by atoms with E-state index in [1.54, 1.807) is 18.2 Å². The van der Waals surface area contributed by atoms with Crippen LogP contribution in [0.15, 0.2) is 40.9 Å². The monoisotopic (exact) mass is 446 g/mol. The Bertz CT molecular complexity index is 933. The van der Waals surface area contributed by atoms with Gasteiger partial charge in [-0.3, -0.25) is 9.59 Å². The van der Waals surface area contributed by atoms with Crippen LogP contribution in [-0.2, 0) is 11.3 Å². The zero-order valence-electron chi connectivity index (χ0n) is 15.0. The van der Waals surface area contributed by atoms with E-state index in [0.717, 1.165) is 16.5 Å². The van der Waals surface area contributed by atoms with Gasteiger partial charge >= 0.3 is 0 Å². The number of rotatable bonds is 4. The number of aromatic hydroxyl groups is 1. The highest BCUT2D eigenvalue weighted by Crippen LogP contribution is 2.40. The predicted octanol–water partition coefficient (Wildman–Crippen LogP) is 2.80. The third-order valence-electron chi connectivity index (χ3n) is 4.90. The van der Waals surface area contributed by atoms with Gasteiger partial charge in [-0.15, -0.1) is 0 Å². The first kappa shape index (κ1) is 18.6. The van der Waals surface area contributed by atoms with Crippen molar-refractivity contribution in [2.75, 3.05) is 13.3 Å². The molecule has 2 aliphatic heterocycles. The Kier molecular flexibility index (Phi) is 5.13. The second-order valence-corrected chi connectivity index (χ2v) is 7.56. The van der Waals surface area contributed by atoms with Crippen LogP contribution in [0.2, 0.25) is 0 Å². The molecule has 2 aliphatic rings. The fourth-order valence-corrected chi connectivity index (χ4v) is 4.13. The maximum atomic E-state index is 12.8. The van der Waals surface area contributed by atoms with Crippen molar-refractivity contribution in [2.24, 2.45) is 0 Å². The third kappa shape index (κ3) is 3.52. The first-order chi connectivity index (χ1) is 13.5. The summed E-state index contributed by atoms with van der Waals surface area (Å²) >= 11 is 3.44. The molecule has 0 radical (unpaired) electrons. The second kappa shape index (κ2) is 7.71. The maximum absolute atomic E-state index is 12.8. The summed E-state index contributed by atoms with van der Waals surface area (Å²) in [6, 6.07) is 9.52. The van der Waals surface area contributed by atoms with Gasteiger partial charge in [-0.05, 0) is 58.6 Å². The largest absolute Gasteiger partial charge is 0.507 e. The Hall–Kier alpha value is -2.74. The number of nitrogens with zero attached hydrogens (tertiary/aromatic N) is 1. The molecule has 2 aromatic rings. The number of halogens is 1. The van der Waals surface area contributed by atoms with Crippen LogP contribution in [0.4, 0.5) is 0 Å². The van der Waals surface area contributed by atoms with E-state index in [1.807, 2.05) is 12.1 Å². The van der Waals surface area contributed by atoms with Crippen LogP contribution in [0.3, 0.4) is 0 Å². The fraction of sp³-hybridized carbons (Fsp3) is 0.300. The molecule has 0 saturated carbocycles. The number of nitrogens with one attached hydrogen (secondary N) is 1. The van der Waals surface area contributed by atoms with E-state index in [1.165, 1.54) is 11.0 Å². The van der Waals surface area contributed by atoms with Crippen LogP contribution in [0.5, 0.6) is 17.2 Å². The van der Waals surface area contributed by atoms with E-state index < -0.39 is 6.04 Å². The lowest BCUT2D eigenvalue weighted by molar-refractivity contribution is -0.125. The van der Waals surface area contributed by atoms with E-state index in [9.17, 15) is 14.7 Å². The number of hydrogen-bond donors (Lipinski definition) is 2. The molecular weight excluding hydrogens is 428 g/mol. The molecule has 1 unspecified atom stereocenters. The van der Waals surface area contributed by atoms with E-state index in [2.05, 4.69) is 21.2 Å². The van der Waals surface area contributed by atoms with Crippen LogP contribution in [0.1, 0.15) is 28.8 Å². The average molecular weight is 447 g/mol. The minimum atomic E-state index is -0.551. The molecule has 2 heterocycles. The number of carbonyl (C=O) groups is 2. The van der Waals surface area contributed by atoms with Gasteiger partial charge in [0.15, 0.2) is 11.5 Å². The van der Waals surface area contributed by atoms with Crippen molar-refractivity contribution in [3.63, 3.8) is 0 Å². The van der Waals surface area contributed by atoms with Crippen molar-refractivity contribution in [3.8, 4) is 17.2 Å². The molecule has 8 heteroatoms. The van der Waals surface area contributed by atoms with Crippen LogP contribution < -0.4 is 14.8 Å². The van der Waals surface area contributed by atoms with Gasteiger partial charge < -0.3 is 24.8 Å². The minimum absolute atomic E-state index is 0.0798. The Labute approximate surface area is 170 Å². The number of ether oxygens (including phenoxy) is 2. The van der Waals surface area contributed by atoms with E-state index in [0.29, 0.717) is 31.0 Å². The molecule has 1 saturated heterocycles. The molecule has 4 rings (SSSR count). The predicted molar refractivity (Wildman–Crippen MR) is 104 cm³/mol. The SMILES string of the molecule is O=C(NCc1cc(Br)c2c(c1)OCO2)C1CCCN1C(=O)c1ccccc1O. The van der Waals surface area contributed by atoms with Crippen LogP contribution in [-0.4, -0.2) is 41.2 Å². The fourth-order valence-electron chi connectivity index (χ4n) is 3.52. The molecule has 1 fully saturated rings. The second-order valence-electron chi connectivity index (χ2n) is 6.70. The number of benzene rings is 2. The van der Waals surface area contributed by atoms with Crippen molar-refractivity contribution in [2.45, 2.75) is 25.4 Å². The number of amides is 2. The summed E-state index contributed by atoms with van der Waals surface area (Å²) in [6.45, 7) is 0.971. The average Bonchev–Trinajstić information content (AvgIpc) is 3.35. The molecule has 0 aliphatic carbocycles. The van der Waals surface area contributed by atoms with Gasteiger partial charge in [0.25, 0.3) is 5.91 Å². The standard InChI is InChI=1S/C20H19BrN2O5/c21-14-8-12(9-17-18(14)28-11-27-17)10-22-19(25)15-5-3-7-23(15)20(26)13-4-1-2-6-16(13)24/h1-2,4,6,8-9,15,24H,3,5,7,10-11H2,(H,22,25). The van der Waals surface area contributed by atoms with Gasteiger partial charge in [0.1, 0.15) is 11.8 Å². The smallest absolute Gasteiger partial charge is 0.258 e. The zero-order valence-corrected chi connectivity index (χ0v) is 16.6. The number of phenolic OH excluding ortho intramolecular Hbond substituents is 1. The van der Waals surface area contributed by atoms with Crippen molar-refractivity contribution in [1.29, 1.82) is 0 Å². The molecule has 2 aromatic carbocycles. The van der Waals surface area contributed by atoms with Crippen LogP contribution in [0, 0.1) is 0 Å². The lowest BCUT2D eigenvalue weighted by Gasteiger charge is -2.24. The topological polar surface area (TPSA) is 88.1 Å². The lowest BCUT2D eigenvalue weighted by Crippen LogP contribution is -2.45. The zero-order chi connectivity index (χ0) is 19.7. The Morgan fingerprint density at radius 3 is 2.89 bits per heavy atom. The lowest BCUT2D eigenvalue weighted by atomic mass is 10.1. The summed E-state index contributed by atoms with van der Waals surface area (Å²) in [5, 5.41) is 12.8. The van der Waals surface area contributed by atoms with Crippen molar-refractivity contribution >= 4 is 27.7 Å². The molecule has 0 spiro atoms. The molecular formula is C20H19BrN2O5. The number of fused-ring (bicyclic) bond motifs is 1. The molecule has 0 aromatic heterocycles. The molecule has 1 atom stereocenters. The number of likely N-dealkylation sites (tertiary alicyclic amines) is 1. The summed E-state index contributed by atoms with van der Waals surface area (Å²) in [4.78, 5) is 27.0. The molecule has 28 heavy (non-hydrogen) atoms. The van der Waals surface area contributed by atoms with Gasteiger partial charge in [0, 0.05) is 13.1 Å². The number of phenols is 1. The van der Waals surface area contributed by atoms with Gasteiger partial charge in [0.2, 0.25) is 12.7 Å². The highest BCUT2D eigenvalue weighted by atomic mass is 79.9. The Balaban J connectivity index is 1.44. The van der Waals surface area contributed by atoms with Crippen molar-refractivity contribution in [3.05, 3.63) is 52.0 Å². The summed E-state index contributed by atoms with van der Waals surface area (Å²) in [6.07, 6.45) is 1.34. The quantitative estimate of drug-likeness (QED) is 0.753. The van der Waals surface area contributed by atoms with E-state index in [-0.39, 0.29) is 29.9 Å². The van der Waals surface area contributed by atoms with Gasteiger partial charge in [-0.1, -0.05) is 12.1 Å². The van der Waals surface area contributed by atoms with Crippen molar-refractivity contribution < 1.29 is 24.2 Å². The normalized spacial score (nSPS) is 17.6. The summed E-state index contributed by atoms with van der Waals surface area (Å²) in [5.74, 6) is 0.668. The van der Waals surface area contributed by atoms with Crippen LogP contribution >= 0.6 is 15.9 Å². The minimum Gasteiger partial charge on any atom is -0.507 e. The maximum Gasteiger partial charge on any atom is 0.258 e. The van der Waals surface area contributed by atoms with Crippen molar-refractivity contribution in [1.82, 2.24) is 10.2 Å². The molecule has 0 bridgehead atoms. The summed E-state index contributed by atoms with van der Waals surface area (Å²) in [5.41, 5.74) is 1.07. The Morgan fingerprint density at radius 1 is 1.25 bits per heavy atom. The molecule has 146 valence electrons. The van der Waals surface area contributed by atoms with E-state index in [4.69, 9.17) is 9.47 Å². The Morgan fingerprint density at radius 2 is 2.07 bits per heavy atom. The summed E-state index contributed by atoms with van der Waals surface area (Å²) < 4.78 is 11.5. The summed E-state index contributed by atoms with van der Waals surface area (Å²) in [7, 11) is 0. The molecule has 7 nitrogen and oxygen atoms in total. The van der Waals surface area contributed by atoms with Crippen LogP contribution in [0.25, 0.3) is 0 Å². The number of para-hydroxylation sites is 1. The van der Waals surface area contributed by atoms with Gasteiger partial charge in [-0.25, -0.2) is 0 Å². The first-order valence-electron chi connectivity index (χ1n) is 8.99. The molecule has 2 N–H and O–H groups in total. The first-order valence-corrected chi connectivity index (χ1v) is 9.78. The molecule has 2 amide bonds. The third-order valence-corrected chi connectivity index (χ3v) is 5.49. The number of carbonyl (C=O) groups excluding carboxylic acids is 2. The van der Waals surface area contributed by atoms with E-state index >= 15 is 0 Å². The highest BCUT2D eigenvalue weighted by Gasteiger charge is 2.35.